The molecule has 0 radical (unpaired) electrons. The molecule has 0 N–H and O–H groups in total. The topological polar surface area (TPSA) is 44.8 Å². The number of terminal acetylenes is 1. The average Bonchev–Trinajstić information content (AvgIpc) is 2.05. The van der Waals surface area contributed by atoms with Crippen molar-refractivity contribution in [3.8, 4) is 12.3 Å². The number of allylic oxidation sites excluding steroid dienone is 1. The van der Waals surface area contributed by atoms with Crippen LogP contribution in [0.4, 0.5) is 0 Å². The van der Waals surface area contributed by atoms with Crippen LogP contribution in [-0.2, 0) is 18.1 Å². The second-order valence-corrected chi connectivity index (χ2v) is 3.43. The SMILES string of the molecule is C#CC1=CCOP(=O)(OC)O1. The van der Waals surface area contributed by atoms with Gasteiger partial charge in [0.15, 0.2) is 5.76 Å². The summed E-state index contributed by atoms with van der Waals surface area (Å²) in [6.45, 7) is 0.157. The fraction of sp³-hybridized carbons (Fsp3) is 0.333. The van der Waals surface area contributed by atoms with Crippen LogP contribution in [0.3, 0.4) is 0 Å². The van der Waals surface area contributed by atoms with Gasteiger partial charge in [-0.1, -0.05) is 0 Å². The Morgan fingerprint density at radius 2 is 2.64 bits per heavy atom. The van der Waals surface area contributed by atoms with Crippen molar-refractivity contribution in [3.63, 3.8) is 0 Å². The molecule has 11 heavy (non-hydrogen) atoms. The Balaban J connectivity index is 2.77. The lowest BCUT2D eigenvalue weighted by Gasteiger charge is -2.18. The van der Waals surface area contributed by atoms with Crippen LogP contribution in [0.2, 0.25) is 0 Å². The van der Waals surface area contributed by atoms with E-state index in [0.717, 1.165) is 0 Å². The monoisotopic (exact) mass is 174 g/mol. The summed E-state index contributed by atoms with van der Waals surface area (Å²) in [6, 6.07) is 0. The van der Waals surface area contributed by atoms with Crippen molar-refractivity contribution in [1.29, 1.82) is 0 Å². The van der Waals surface area contributed by atoms with Crippen molar-refractivity contribution in [2.45, 2.75) is 0 Å². The number of phosphoric ester groups is 1. The standard InChI is InChI=1S/C6H7O4P/c1-3-6-4-5-9-11(7,8-2)10-6/h1,4H,5H2,2H3. The molecular formula is C6H7O4P. The van der Waals surface area contributed by atoms with Crippen LogP contribution in [0.1, 0.15) is 0 Å². The highest BCUT2D eigenvalue weighted by molar-refractivity contribution is 7.48. The third-order valence-corrected chi connectivity index (χ3v) is 2.41. The van der Waals surface area contributed by atoms with Crippen LogP contribution in [0, 0.1) is 12.3 Å². The summed E-state index contributed by atoms with van der Waals surface area (Å²) in [5.41, 5.74) is 0. The molecule has 5 heteroatoms. The Bertz CT molecular complexity index is 262. The van der Waals surface area contributed by atoms with E-state index < -0.39 is 7.82 Å². The molecule has 0 saturated heterocycles. The van der Waals surface area contributed by atoms with Gasteiger partial charge in [-0.05, 0) is 12.0 Å². The first-order chi connectivity index (χ1) is 5.20. The molecule has 0 aromatic heterocycles. The highest BCUT2D eigenvalue weighted by atomic mass is 31.2. The Labute approximate surface area is 64.8 Å². The van der Waals surface area contributed by atoms with Gasteiger partial charge < -0.3 is 4.52 Å². The molecule has 1 unspecified atom stereocenters. The summed E-state index contributed by atoms with van der Waals surface area (Å²) in [7, 11) is -2.14. The van der Waals surface area contributed by atoms with E-state index in [1.807, 2.05) is 0 Å². The molecule has 1 aliphatic heterocycles. The van der Waals surface area contributed by atoms with Crippen molar-refractivity contribution in [2.24, 2.45) is 0 Å². The van der Waals surface area contributed by atoms with Crippen LogP contribution in [0.15, 0.2) is 11.8 Å². The fourth-order valence-corrected chi connectivity index (χ4v) is 1.42. The molecule has 1 atom stereocenters. The van der Waals surface area contributed by atoms with Gasteiger partial charge in [0.2, 0.25) is 0 Å². The zero-order chi connectivity index (χ0) is 8.32. The van der Waals surface area contributed by atoms with E-state index in [1.165, 1.54) is 13.2 Å². The van der Waals surface area contributed by atoms with Gasteiger partial charge in [-0.15, -0.1) is 6.42 Å². The van der Waals surface area contributed by atoms with E-state index in [4.69, 9.17) is 10.9 Å². The lowest BCUT2D eigenvalue weighted by molar-refractivity contribution is 0.158. The Morgan fingerprint density at radius 1 is 1.91 bits per heavy atom. The van der Waals surface area contributed by atoms with Gasteiger partial charge in [0.1, 0.15) is 0 Å². The third-order valence-electron chi connectivity index (χ3n) is 1.08. The predicted octanol–water partition coefficient (Wildman–Crippen LogP) is 1.30. The highest BCUT2D eigenvalue weighted by Gasteiger charge is 2.29. The normalized spacial score (nSPS) is 30.0. The van der Waals surface area contributed by atoms with E-state index in [2.05, 4.69) is 15.0 Å². The largest absolute Gasteiger partial charge is 0.530 e. The van der Waals surface area contributed by atoms with Gasteiger partial charge in [-0.25, -0.2) is 4.57 Å². The summed E-state index contributed by atoms with van der Waals surface area (Å²) >= 11 is 0. The minimum absolute atomic E-state index is 0.157. The number of hydrogen-bond acceptors (Lipinski definition) is 4. The maximum atomic E-state index is 11.2. The molecule has 0 aromatic carbocycles. The molecule has 60 valence electrons. The van der Waals surface area contributed by atoms with Crippen molar-refractivity contribution in [2.75, 3.05) is 13.7 Å². The summed E-state index contributed by atoms with van der Waals surface area (Å²) in [5, 5.41) is 0. The summed E-state index contributed by atoms with van der Waals surface area (Å²) in [5.74, 6) is 2.40. The highest BCUT2D eigenvalue weighted by Crippen LogP contribution is 2.52. The second-order valence-electron chi connectivity index (χ2n) is 1.73. The molecule has 0 saturated carbocycles. The molecule has 0 spiro atoms. The van der Waals surface area contributed by atoms with Crippen LogP contribution in [0.25, 0.3) is 0 Å². The van der Waals surface area contributed by atoms with E-state index >= 15 is 0 Å². The molecule has 0 amide bonds. The van der Waals surface area contributed by atoms with Crippen molar-refractivity contribution in [3.05, 3.63) is 11.8 Å². The van der Waals surface area contributed by atoms with Gasteiger partial charge >= 0.3 is 7.82 Å². The van der Waals surface area contributed by atoms with Gasteiger partial charge in [-0.2, -0.15) is 0 Å². The first kappa shape index (κ1) is 8.35. The lowest BCUT2D eigenvalue weighted by Crippen LogP contribution is -2.03. The number of hydrogen-bond donors (Lipinski definition) is 0. The predicted molar refractivity (Wildman–Crippen MR) is 38.6 cm³/mol. The molecule has 0 bridgehead atoms. The molecular weight excluding hydrogens is 167 g/mol. The first-order valence-electron chi connectivity index (χ1n) is 2.87. The van der Waals surface area contributed by atoms with Gasteiger partial charge in [0, 0.05) is 7.11 Å². The minimum atomic E-state index is -3.38. The molecule has 0 fully saturated rings. The zero-order valence-corrected chi connectivity index (χ0v) is 6.84. The molecule has 4 nitrogen and oxygen atoms in total. The molecule has 1 aliphatic rings. The van der Waals surface area contributed by atoms with Crippen LogP contribution < -0.4 is 0 Å². The quantitative estimate of drug-likeness (QED) is 0.444. The number of phosphoric acid groups is 1. The lowest BCUT2D eigenvalue weighted by atomic mass is 10.5. The smallest absolute Gasteiger partial charge is 0.395 e. The average molecular weight is 174 g/mol. The van der Waals surface area contributed by atoms with Gasteiger partial charge in [-0.3, -0.25) is 9.05 Å². The maximum Gasteiger partial charge on any atom is 0.530 e. The van der Waals surface area contributed by atoms with Gasteiger partial charge in [0.25, 0.3) is 0 Å². The van der Waals surface area contributed by atoms with Gasteiger partial charge in [0.05, 0.1) is 6.61 Å². The van der Waals surface area contributed by atoms with Crippen molar-refractivity contribution in [1.82, 2.24) is 0 Å². The fourth-order valence-electron chi connectivity index (χ4n) is 0.564. The summed E-state index contributed by atoms with van der Waals surface area (Å²) in [6.07, 6.45) is 6.51. The van der Waals surface area contributed by atoms with Crippen LogP contribution in [0.5, 0.6) is 0 Å². The Morgan fingerprint density at radius 3 is 3.18 bits per heavy atom. The number of rotatable bonds is 1. The zero-order valence-electron chi connectivity index (χ0n) is 5.94. The molecule has 0 aliphatic carbocycles. The Hall–Kier alpha value is -0.750. The van der Waals surface area contributed by atoms with E-state index in [0.29, 0.717) is 0 Å². The van der Waals surface area contributed by atoms with Crippen LogP contribution in [-0.4, -0.2) is 13.7 Å². The van der Waals surface area contributed by atoms with Crippen LogP contribution >= 0.6 is 7.82 Å². The first-order valence-corrected chi connectivity index (χ1v) is 4.33. The Kier molecular flexibility index (Phi) is 2.35. The summed E-state index contributed by atoms with van der Waals surface area (Å²) < 4.78 is 25.0. The molecule has 1 heterocycles. The van der Waals surface area contributed by atoms with E-state index in [1.54, 1.807) is 0 Å². The third kappa shape index (κ3) is 1.84. The van der Waals surface area contributed by atoms with E-state index in [9.17, 15) is 4.57 Å². The van der Waals surface area contributed by atoms with Crippen molar-refractivity contribution < 1.29 is 18.1 Å². The minimum Gasteiger partial charge on any atom is -0.395 e. The maximum absolute atomic E-state index is 11.2. The van der Waals surface area contributed by atoms with E-state index in [-0.39, 0.29) is 12.4 Å². The van der Waals surface area contributed by atoms with Crippen molar-refractivity contribution >= 4 is 7.82 Å². The summed E-state index contributed by atoms with van der Waals surface area (Å²) in [4.78, 5) is 0. The molecule has 0 aromatic rings. The molecule has 1 rings (SSSR count). The second kappa shape index (κ2) is 3.10.